The Bertz CT molecular complexity index is 2300. The molecule has 5 rings (SSSR count). The second-order valence-corrected chi connectivity index (χ2v) is 29.2. The number of rotatable bonds is 12. The molecule has 4 unspecified atom stereocenters. The Morgan fingerprint density at radius 1 is 0.842 bits per heavy atom. The standard InChI is InChI=1S/C37H59N5O12SSi2/c1-23-18-41(28-15-14-25(20-43)51-28)33(46)39(30(23)44)16-13-17-40-31(45)24(2)19-42(34(40)47)32-29(53-57(11,12)36(6,7)8)37(26(38)22-55(48,49)54-37)27(52-32)21-50-56(9,10)35(3,4)5/h14-15,18-19,22,25,27-29,32,43H,13,16-17,20-21,38H2,1-12H3/t25?,27?,28?,29-,32+,37?/m0/s1. The van der Waals surface area contributed by atoms with Crippen LogP contribution in [0, 0.1) is 13.8 Å². The first kappa shape index (κ1) is 44.9. The van der Waals surface area contributed by atoms with Crippen molar-refractivity contribution >= 4 is 26.8 Å². The third-order valence-corrected chi connectivity index (χ3v) is 22.1. The van der Waals surface area contributed by atoms with Crippen LogP contribution in [-0.4, -0.2) is 85.6 Å². The Hall–Kier alpha value is -3.22. The molecule has 17 nitrogen and oxygen atoms in total. The number of aryl methyl sites for hydroxylation is 2. The fourth-order valence-corrected chi connectivity index (χ4v) is 10.1. The van der Waals surface area contributed by atoms with Crippen LogP contribution >= 0.6 is 0 Å². The van der Waals surface area contributed by atoms with Crippen LogP contribution < -0.4 is 28.2 Å². The lowest BCUT2D eigenvalue weighted by Crippen LogP contribution is -2.59. The summed E-state index contributed by atoms with van der Waals surface area (Å²) in [5, 5.41) is 9.71. The molecule has 0 aliphatic carbocycles. The van der Waals surface area contributed by atoms with Gasteiger partial charge in [-0.1, -0.05) is 47.6 Å². The highest BCUT2D eigenvalue weighted by Crippen LogP contribution is 2.52. The molecule has 6 atom stereocenters. The van der Waals surface area contributed by atoms with Crippen molar-refractivity contribution in [1.29, 1.82) is 0 Å². The maximum Gasteiger partial charge on any atom is 0.333 e. The van der Waals surface area contributed by atoms with E-state index in [1.807, 2.05) is 47.0 Å². The molecule has 3 aliphatic rings. The maximum atomic E-state index is 14.5. The smallest absolute Gasteiger partial charge is 0.333 e. The van der Waals surface area contributed by atoms with Gasteiger partial charge in [0.05, 0.1) is 24.3 Å². The molecule has 3 aliphatic heterocycles. The van der Waals surface area contributed by atoms with Crippen LogP contribution in [0.25, 0.3) is 0 Å². The second-order valence-electron chi connectivity index (χ2n) is 18.2. The van der Waals surface area contributed by atoms with Gasteiger partial charge in [-0.25, -0.2) is 13.8 Å². The summed E-state index contributed by atoms with van der Waals surface area (Å²) in [6, 6.07) is 0. The Morgan fingerprint density at radius 2 is 1.37 bits per heavy atom. The molecule has 2 aromatic rings. The number of nitrogens with two attached hydrogens (primary N) is 1. The van der Waals surface area contributed by atoms with Crippen molar-refractivity contribution in [3.8, 4) is 0 Å². The minimum Gasteiger partial charge on any atom is -0.414 e. The molecule has 2 aromatic heterocycles. The van der Waals surface area contributed by atoms with E-state index in [1.165, 1.54) is 28.5 Å². The number of ether oxygens (including phenoxy) is 2. The van der Waals surface area contributed by atoms with Gasteiger partial charge in [-0.15, -0.1) is 0 Å². The fourth-order valence-electron chi connectivity index (χ4n) is 6.63. The predicted molar refractivity (Wildman–Crippen MR) is 218 cm³/mol. The topological polar surface area (TPSA) is 215 Å². The highest BCUT2D eigenvalue weighted by Gasteiger charge is 2.67. The number of nitrogens with zero attached hydrogens (tertiary/aromatic N) is 4. The van der Waals surface area contributed by atoms with Gasteiger partial charge in [0.25, 0.3) is 21.2 Å². The van der Waals surface area contributed by atoms with E-state index in [0.29, 0.717) is 0 Å². The number of hydrogen-bond donors (Lipinski definition) is 2. The van der Waals surface area contributed by atoms with Gasteiger partial charge >= 0.3 is 11.4 Å². The Morgan fingerprint density at radius 3 is 1.84 bits per heavy atom. The van der Waals surface area contributed by atoms with Crippen molar-refractivity contribution in [2.75, 3.05) is 13.2 Å². The van der Waals surface area contributed by atoms with Crippen LogP contribution in [0.5, 0.6) is 0 Å². The first-order valence-corrected chi connectivity index (χ1v) is 26.4. The van der Waals surface area contributed by atoms with Crippen LogP contribution in [0.15, 0.2) is 54.8 Å². The summed E-state index contributed by atoms with van der Waals surface area (Å²) in [7, 11) is -9.61. The quantitative estimate of drug-likeness (QED) is 0.179. The zero-order chi connectivity index (χ0) is 42.8. The zero-order valence-electron chi connectivity index (χ0n) is 35.0. The molecular weight excluding hydrogens is 795 g/mol. The lowest BCUT2D eigenvalue weighted by Gasteiger charge is -2.43. The Labute approximate surface area is 335 Å². The number of hydrogen-bond acceptors (Lipinski definition) is 13. The summed E-state index contributed by atoms with van der Waals surface area (Å²) in [6.45, 7) is 22.6. The summed E-state index contributed by atoms with van der Waals surface area (Å²) < 4.78 is 62.7. The minimum atomic E-state index is -4.32. The van der Waals surface area contributed by atoms with Crippen molar-refractivity contribution in [2.24, 2.45) is 5.73 Å². The lowest BCUT2D eigenvalue weighted by molar-refractivity contribution is -0.0567. The molecular formula is C37H59N5O12SSi2. The number of aliphatic hydroxyl groups excluding tert-OH is 1. The summed E-state index contributed by atoms with van der Waals surface area (Å²) in [6.07, 6.45) is 0.795. The van der Waals surface area contributed by atoms with E-state index in [-0.39, 0.29) is 54.6 Å². The molecule has 1 fully saturated rings. The molecule has 0 radical (unpaired) electrons. The molecule has 1 spiro atoms. The molecule has 5 heterocycles. The first-order chi connectivity index (χ1) is 26.1. The summed E-state index contributed by atoms with van der Waals surface area (Å²) >= 11 is 0. The van der Waals surface area contributed by atoms with Gasteiger partial charge in [-0.3, -0.25) is 27.9 Å². The van der Waals surface area contributed by atoms with Gasteiger partial charge in [0.2, 0.25) is 0 Å². The molecule has 0 amide bonds. The van der Waals surface area contributed by atoms with Crippen LogP contribution in [0.2, 0.25) is 36.3 Å². The van der Waals surface area contributed by atoms with Gasteiger partial charge in [-0.05, 0) is 62.6 Å². The molecule has 0 saturated carbocycles. The van der Waals surface area contributed by atoms with E-state index in [4.69, 9.17) is 28.2 Å². The number of aliphatic hydroxyl groups is 1. The third kappa shape index (κ3) is 8.34. The zero-order valence-corrected chi connectivity index (χ0v) is 37.8. The second kappa shape index (κ2) is 15.4. The van der Waals surface area contributed by atoms with Gasteiger partial charge in [0, 0.05) is 36.6 Å². The molecule has 57 heavy (non-hydrogen) atoms. The van der Waals surface area contributed by atoms with E-state index in [1.54, 1.807) is 19.1 Å². The first-order valence-electron chi connectivity index (χ1n) is 19.1. The van der Waals surface area contributed by atoms with Gasteiger partial charge in [0.15, 0.2) is 34.7 Å². The minimum absolute atomic E-state index is 0.0250. The average Bonchev–Trinajstić information content (AvgIpc) is 3.75. The lowest BCUT2D eigenvalue weighted by atomic mass is 9.89. The maximum absolute atomic E-state index is 14.5. The van der Waals surface area contributed by atoms with Crippen molar-refractivity contribution in [2.45, 2.75) is 148 Å². The van der Waals surface area contributed by atoms with Gasteiger partial charge < -0.3 is 29.2 Å². The van der Waals surface area contributed by atoms with Crippen molar-refractivity contribution < 1.29 is 36.0 Å². The predicted octanol–water partition coefficient (Wildman–Crippen LogP) is 2.69. The van der Waals surface area contributed by atoms with E-state index in [9.17, 15) is 32.7 Å². The third-order valence-electron chi connectivity index (χ3n) is 12.1. The summed E-state index contributed by atoms with van der Waals surface area (Å²) in [5.41, 5.74) is 2.38. The van der Waals surface area contributed by atoms with E-state index in [0.717, 1.165) is 14.5 Å². The molecule has 3 N–H and O–H groups in total. The number of aromatic nitrogens is 4. The van der Waals surface area contributed by atoms with Crippen molar-refractivity contribution in [1.82, 2.24) is 18.3 Å². The normalized spacial score (nSPS) is 26.5. The fraction of sp³-hybridized carbons (Fsp3) is 0.676. The molecule has 318 valence electrons. The Balaban J connectivity index is 1.57. The molecule has 0 aromatic carbocycles. The molecule has 0 bridgehead atoms. The summed E-state index contributed by atoms with van der Waals surface area (Å²) in [5.74, 6) is 0. The van der Waals surface area contributed by atoms with Gasteiger partial charge in [0.1, 0.15) is 18.3 Å². The van der Waals surface area contributed by atoms with Crippen LogP contribution in [-0.2, 0) is 45.7 Å². The largest absolute Gasteiger partial charge is 0.414 e. The average molecular weight is 854 g/mol. The SMILES string of the molecule is Cc1cn(C2C=CC(CO)O2)c(=O)n(CCCn2c(=O)c(C)cn([C@@H]3OC(CO[Si](C)(C)C(C)(C)C)C4(OS(=O)(=O)C=C4N)[C@H]3O[Si](C)(C)C(C)(C)C)c2=O)c1=O. The monoisotopic (exact) mass is 853 g/mol. The van der Waals surface area contributed by atoms with Crippen LogP contribution in [0.1, 0.15) is 71.5 Å². The van der Waals surface area contributed by atoms with E-state index >= 15 is 0 Å². The summed E-state index contributed by atoms with van der Waals surface area (Å²) in [4.78, 5) is 54.8. The van der Waals surface area contributed by atoms with Crippen LogP contribution in [0.3, 0.4) is 0 Å². The van der Waals surface area contributed by atoms with E-state index in [2.05, 4.69) is 20.8 Å². The van der Waals surface area contributed by atoms with Crippen LogP contribution in [0.4, 0.5) is 0 Å². The molecule has 1 saturated heterocycles. The highest BCUT2D eigenvalue weighted by molar-refractivity contribution is 7.90. The van der Waals surface area contributed by atoms with E-state index < -0.39 is 90.7 Å². The van der Waals surface area contributed by atoms with Crippen molar-refractivity contribution in [3.63, 3.8) is 0 Å². The molecule has 20 heteroatoms. The highest BCUT2D eigenvalue weighted by atomic mass is 32.2. The van der Waals surface area contributed by atoms with Gasteiger partial charge in [-0.2, -0.15) is 8.42 Å². The Kier molecular flexibility index (Phi) is 12.1. The van der Waals surface area contributed by atoms with Crippen molar-refractivity contribution in [3.05, 3.63) is 88.5 Å².